The van der Waals surface area contributed by atoms with E-state index >= 15 is 0 Å². The zero-order valence-corrected chi connectivity index (χ0v) is 8.96. The lowest BCUT2D eigenvalue weighted by molar-refractivity contribution is 0.112. The smallest absolute Gasteiger partial charge is 0.153 e. The van der Waals surface area contributed by atoms with E-state index in [9.17, 15) is 4.79 Å². The van der Waals surface area contributed by atoms with Gasteiger partial charge in [0, 0.05) is 11.8 Å². The second kappa shape index (κ2) is 4.61. The van der Waals surface area contributed by atoms with Crippen molar-refractivity contribution in [3.8, 4) is 5.75 Å². The van der Waals surface area contributed by atoms with Crippen molar-refractivity contribution in [3.05, 3.63) is 47.8 Å². The van der Waals surface area contributed by atoms with Crippen LogP contribution in [0.3, 0.4) is 0 Å². The van der Waals surface area contributed by atoms with Crippen LogP contribution in [0.2, 0.25) is 0 Å². The van der Waals surface area contributed by atoms with Crippen LogP contribution < -0.4 is 4.74 Å². The number of benzene rings is 1. The molecule has 0 saturated heterocycles. The van der Waals surface area contributed by atoms with Gasteiger partial charge in [0.15, 0.2) is 6.29 Å². The first-order valence-corrected chi connectivity index (χ1v) is 4.93. The quantitative estimate of drug-likeness (QED) is 0.731. The van der Waals surface area contributed by atoms with Crippen LogP contribution in [0.25, 0.3) is 0 Å². The van der Waals surface area contributed by atoms with Gasteiger partial charge in [0.2, 0.25) is 0 Å². The van der Waals surface area contributed by atoms with E-state index < -0.39 is 0 Å². The third-order valence-corrected chi connectivity index (χ3v) is 2.31. The fourth-order valence-electron chi connectivity index (χ4n) is 1.54. The van der Waals surface area contributed by atoms with E-state index in [1.165, 1.54) is 0 Å². The van der Waals surface area contributed by atoms with Crippen molar-refractivity contribution in [3.63, 3.8) is 0 Å². The molecule has 0 amide bonds. The van der Waals surface area contributed by atoms with Gasteiger partial charge in [-0.2, -0.15) is 5.10 Å². The summed E-state index contributed by atoms with van der Waals surface area (Å²) in [5.41, 5.74) is 1.61. The van der Waals surface area contributed by atoms with Crippen LogP contribution in [0, 0.1) is 0 Å². The normalized spacial score (nSPS) is 10.1. The largest absolute Gasteiger partial charge is 0.496 e. The number of carbonyl (C=O) groups is 1. The molecule has 0 aliphatic carbocycles. The fraction of sp³-hybridized carbons (Fsp3) is 0.167. The Morgan fingerprint density at radius 2 is 2.25 bits per heavy atom. The molecule has 0 aliphatic heterocycles. The molecule has 0 unspecified atom stereocenters. The summed E-state index contributed by atoms with van der Waals surface area (Å²) in [4.78, 5) is 10.5. The molecule has 0 N–H and O–H groups in total. The van der Waals surface area contributed by atoms with E-state index in [1.807, 2.05) is 24.3 Å². The minimum Gasteiger partial charge on any atom is -0.496 e. The molecule has 0 radical (unpaired) electrons. The minimum absolute atomic E-state index is 0.579. The molecule has 0 bridgehead atoms. The third-order valence-electron chi connectivity index (χ3n) is 2.31. The summed E-state index contributed by atoms with van der Waals surface area (Å²) < 4.78 is 6.95. The molecule has 16 heavy (non-hydrogen) atoms. The summed E-state index contributed by atoms with van der Waals surface area (Å²) in [5, 5.41) is 4.09. The van der Waals surface area contributed by atoms with Gasteiger partial charge in [0.1, 0.15) is 5.75 Å². The SMILES string of the molecule is COc1ccccc1Cn1cc(C=O)cn1. The number of hydrogen-bond acceptors (Lipinski definition) is 3. The van der Waals surface area contributed by atoms with Gasteiger partial charge in [-0.3, -0.25) is 9.48 Å². The van der Waals surface area contributed by atoms with Gasteiger partial charge in [-0.05, 0) is 6.07 Å². The third kappa shape index (κ3) is 2.11. The molecule has 2 aromatic rings. The number of hydrogen-bond donors (Lipinski definition) is 0. The number of aromatic nitrogens is 2. The van der Waals surface area contributed by atoms with E-state index in [0.717, 1.165) is 17.6 Å². The first kappa shape index (κ1) is 10.4. The number of aldehydes is 1. The Balaban J connectivity index is 2.22. The van der Waals surface area contributed by atoms with Crippen LogP contribution in [0.4, 0.5) is 0 Å². The predicted molar refractivity (Wildman–Crippen MR) is 59.7 cm³/mol. The fourth-order valence-corrected chi connectivity index (χ4v) is 1.54. The molecule has 4 heteroatoms. The van der Waals surface area contributed by atoms with Crippen molar-refractivity contribution in [2.24, 2.45) is 0 Å². The predicted octanol–water partition coefficient (Wildman–Crippen LogP) is 1.75. The Morgan fingerprint density at radius 1 is 1.44 bits per heavy atom. The molecule has 1 aromatic heterocycles. The number of ether oxygens (including phenoxy) is 1. The minimum atomic E-state index is 0.579. The molecule has 1 aromatic carbocycles. The lowest BCUT2D eigenvalue weighted by atomic mass is 10.2. The van der Waals surface area contributed by atoms with E-state index in [4.69, 9.17) is 4.74 Å². The van der Waals surface area contributed by atoms with E-state index in [1.54, 1.807) is 24.2 Å². The molecule has 82 valence electrons. The monoisotopic (exact) mass is 216 g/mol. The Bertz CT molecular complexity index is 491. The molecule has 0 atom stereocenters. The Hall–Kier alpha value is -2.10. The van der Waals surface area contributed by atoms with E-state index in [2.05, 4.69) is 5.10 Å². The van der Waals surface area contributed by atoms with Crippen molar-refractivity contribution < 1.29 is 9.53 Å². The zero-order chi connectivity index (χ0) is 11.4. The number of rotatable bonds is 4. The summed E-state index contributed by atoms with van der Waals surface area (Å²) in [6, 6.07) is 7.74. The molecular formula is C12H12N2O2. The van der Waals surface area contributed by atoms with Crippen LogP contribution in [-0.2, 0) is 6.54 Å². The molecule has 1 heterocycles. The van der Waals surface area contributed by atoms with Crippen LogP contribution in [0.5, 0.6) is 5.75 Å². The Morgan fingerprint density at radius 3 is 2.94 bits per heavy atom. The highest BCUT2D eigenvalue weighted by Crippen LogP contribution is 2.18. The van der Waals surface area contributed by atoms with Crippen molar-refractivity contribution in [1.29, 1.82) is 0 Å². The first-order valence-electron chi connectivity index (χ1n) is 4.93. The van der Waals surface area contributed by atoms with Crippen LogP contribution in [-0.4, -0.2) is 23.2 Å². The Labute approximate surface area is 93.5 Å². The van der Waals surface area contributed by atoms with Crippen LogP contribution in [0.1, 0.15) is 15.9 Å². The highest BCUT2D eigenvalue weighted by Gasteiger charge is 2.03. The number of para-hydroxylation sites is 1. The summed E-state index contributed by atoms with van der Waals surface area (Å²) in [6.07, 6.45) is 4.04. The molecule has 0 fully saturated rings. The number of carbonyl (C=O) groups excluding carboxylic acids is 1. The van der Waals surface area contributed by atoms with Gasteiger partial charge in [-0.15, -0.1) is 0 Å². The van der Waals surface area contributed by atoms with E-state index in [0.29, 0.717) is 12.1 Å². The average Bonchev–Trinajstić information content (AvgIpc) is 2.77. The standard InChI is InChI=1S/C12H12N2O2/c1-16-12-5-3-2-4-11(12)8-14-7-10(9-15)6-13-14/h2-7,9H,8H2,1H3. The lowest BCUT2D eigenvalue weighted by Crippen LogP contribution is -2.01. The summed E-state index contributed by atoms with van der Waals surface area (Å²) in [7, 11) is 1.64. The molecule has 4 nitrogen and oxygen atoms in total. The van der Waals surface area contributed by atoms with Gasteiger partial charge in [-0.25, -0.2) is 0 Å². The van der Waals surface area contributed by atoms with Gasteiger partial charge in [0.25, 0.3) is 0 Å². The van der Waals surface area contributed by atoms with Gasteiger partial charge < -0.3 is 4.74 Å². The molecule has 2 rings (SSSR count). The van der Waals surface area contributed by atoms with Crippen molar-refractivity contribution in [2.75, 3.05) is 7.11 Å². The highest BCUT2D eigenvalue weighted by atomic mass is 16.5. The second-order valence-electron chi connectivity index (χ2n) is 3.40. The first-order chi connectivity index (χ1) is 7.83. The zero-order valence-electron chi connectivity index (χ0n) is 8.96. The molecule has 0 aliphatic rings. The van der Waals surface area contributed by atoms with Crippen LogP contribution >= 0.6 is 0 Å². The maximum Gasteiger partial charge on any atom is 0.153 e. The van der Waals surface area contributed by atoms with Gasteiger partial charge in [0.05, 0.1) is 25.4 Å². The average molecular weight is 216 g/mol. The Kier molecular flexibility index (Phi) is 3.00. The lowest BCUT2D eigenvalue weighted by Gasteiger charge is -2.07. The van der Waals surface area contributed by atoms with Crippen molar-refractivity contribution in [1.82, 2.24) is 9.78 Å². The number of methoxy groups -OCH3 is 1. The maximum atomic E-state index is 10.5. The van der Waals surface area contributed by atoms with Gasteiger partial charge in [-0.1, -0.05) is 18.2 Å². The van der Waals surface area contributed by atoms with Crippen molar-refractivity contribution in [2.45, 2.75) is 6.54 Å². The molecule has 0 saturated carbocycles. The molecule has 0 spiro atoms. The molecular weight excluding hydrogens is 204 g/mol. The highest BCUT2D eigenvalue weighted by molar-refractivity contribution is 5.73. The van der Waals surface area contributed by atoms with Crippen LogP contribution in [0.15, 0.2) is 36.7 Å². The van der Waals surface area contributed by atoms with Gasteiger partial charge >= 0.3 is 0 Å². The summed E-state index contributed by atoms with van der Waals surface area (Å²) in [5.74, 6) is 0.825. The summed E-state index contributed by atoms with van der Waals surface area (Å²) >= 11 is 0. The summed E-state index contributed by atoms with van der Waals surface area (Å²) in [6.45, 7) is 0.595. The van der Waals surface area contributed by atoms with Crippen molar-refractivity contribution >= 4 is 6.29 Å². The topological polar surface area (TPSA) is 44.1 Å². The second-order valence-corrected chi connectivity index (χ2v) is 3.40. The number of nitrogens with zero attached hydrogens (tertiary/aromatic N) is 2. The maximum absolute atomic E-state index is 10.5. The van der Waals surface area contributed by atoms with E-state index in [-0.39, 0.29) is 0 Å².